The minimum absolute atomic E-state index is 0.168. The standard InChI is InChI=1S/C20H19BrN2O2S/c1-13-9-14(7-8-18(13)21)10-16-11-22-20(26-16)23-19(24)17-6-4-3-5-15(17)12-25-2/h3-9,11H,10,12H2,1-2H3,(H,22,23,24). The zero-order chi connectivity index (χ0) is 18.5. The number of aryl methyl sites for hydroxylation is 1. The van der Waals surface area contributed by atoms with Crippen molar-refractivity contribution in [3.63, 3.8) is 0 Å². The highest BCUT2D eigenvalue weighted by Gasteiger charge is 2.13. The number of aromatic nitrogens is 1. The van der Waals surface area contributed by atoms with E-state index >= 15 is 0 Å². The van der Waals surface area contributed by atoms with Crippen LogP contribution in [0.2, 0.25) is 0 Å². The van der Waals surface area contributed by atoms with Crippen LogP contribution in [-0.4, -0.2) is 18.0 Å². The number of thiazole rings is 1. The lowest BCUT2D eigenvalue weighted by molar-refractivity contribution is 0.102. The highest BCUT2D eigenvalue weighted by molar-refractivity contribution is 9.10. The second-order valence-corrected chi connectivity index (χ2v) is 7.91. The fraction of sp³-hybridized carbons (Fsp3) is 0.200. The maximum Gasteiger partial charge on any atom is 0.257 e. The van der Waals surface area contributed by atoms with Gasteiger partial charge in [0.05, 0.1) is 6.61 Å². The van der Waals surface area contributed by atoms with E-state index in [4.69, 9.17) is 4.74 Å². The summed E-state index contributed by atoms with van der Waals surface area (Å²) >= 11 is 5.01. The molecule has 0 atom stereocenters. The Morgan fingerprint density at radius 2 is 2.08 bits per heavy atom. The second-order valence-electron chi connectivity index (χ2n) is 5.94. The van der Waals surface area contributed by atoms with E-state index in [2.05, 4.69) is 51.4 Å². The highest BCUT2D eigenvalue weighted by Crippen LogP contribution is 2.24. The molecule has 0 saturated heterocycles. The minimum atomic E-state index is -0.168. The number of rotatable bonds is 6. The lowest BCUT2D eigenvalue weighted by Crippen LogP contribution is -2.14. The Balaban J connectivity index is 1.70. The number of hydrogen-bond acceptors (Lipinski definition) is 4. The lowest BCUT2D eigenvalue weighted by Gasteiger charge is -2.07. The van der Waals surface area contributed by atoms with Crippen molar-refractivity contribution >= 4 is 38.3 Å². The predicted octanol–water partition coefficient (Wildman–Crippen LogP) is 5.20. The van der Waals surface area contributed by atoms with Gasteiger partial charge in [-0.05, 0) is 35.7 Å². The summed E-state index contributed by atoms with van der Waals surface area (Å²) in [5.74, 6) is -0.168. The molecule has 1 aromatic heterocycles. The molecule has 1 heterocycles. The summed E-state index contributed by atoms with van der Waals surface area (Å²) in [5, 5.41) is 3.49. The summed E-state index contributed by atoms with van der Waals surface area (Å²) in [6.07, 6.45) is 2.61. The smallest absolute Gasteiger partial charge is 0.257 e. The first-order chi connectivity index (χ1) is 12.6. The Bertz CT molecular complexity index is 924. The van der Waals surface area contributed by atoms with Crippen LogP contribution in [0.1, 0.15) is 31.9 Å². The summed E-state index contributed by atoms with van der Waals surface area (Å²) in [6.45, 7) is 2.47. The van der Waals surface area contributed by atoms with E-state index in [1.54, 1.807) is 13.2 Å². The van der Waals surface area contributed by atoms with Crippen molar-refractivity contribution in [2.75, 3.05) is 12.4 Å². The number of carbonyl (C=O) groups excluding carboxylic acids is 1. The molecule has 1 amide bonds. The summed E-state index contributed by atoms with van der Waals surface area (Å²) in [5.41, 5.74) is 3.89. The van der Waals surface area contributed by atoms with Gasteiger partial charge in [0.2, 0.25) is 0 Å². The van der Waals surface area contributed by atoms with Crippen molar-refractivity contribution in [3.8, 4) is 0 Å². The molecule has 0 bridgehead atoms. The van der Waals surface area contributed by atoms with Gasteiger partial charge in [-0.15, -0.1) is 11.3 Å². The third-order valence-electron chi connectivity index (χ3n) is 3.94. The van der Waals surface area contributed by atoms with Crippen molar-refractivity contribution in [3.05, 3.63) is 80.3 Å². The van der Waals surface area contributed by atoms with Gasteiger partial charge in [0, 0.05) is 34.6 Å². The Labute approximate surface area is 165 Å². The van der Waals surface area contributed by atoms with Crippen molar-refractivity contribution in [2.45, 2.75) is 20.0 Å². The van der Waals surface area contributed by atoms with Gasteiger partial charge in [-0.3, -0.25) is 10.1 Å². The van der Waals surface area contributed by atoms with Crippen LogP contribution in [0.4, 0.5) is 5.13 Å². The molecule has 2 aromatic carbocycles. The third kappa shape index (κ3) is 4.58. The molecule has 134 valence electrons. The van der Waals surface area contributed by atoms with Crippen LogP contribution in [-0.2, 0) is 17.8 Å². The van der Waals surface area contributed by atoms with E-state index in [9.17, 15) is 4.79 Å². The Hall–Kier alpha value is -2.02. The number of amides is 1. The highest BCUT2D eigenvalue weighted by atomic mass is 79.9. The normalized spacial score (nSPS) is 10.7. The van der Waals surface area contributed by atoms with Gasteiger partial charge in [-0.25, -0.2) is 4.98 Å². The van der Waals surface area contributed by atoms with Gasteiger partial charge >= 0.3 is 0 Å². The summed E-state index contributed by atoms with van der Waals surface area (Å²) < 4.78 is 6.27. The molecule has 0 aliphatic carbocycles. The van der Waals surface area contributed by atoms with Crippen LogP contribution < -0.4 is 5.32 Å². The molecule has 0 aliphatic heterocycles. The van der Waals surface area contributed by atoms with Crippen LogP contribution in [0.3, 0.4) is 0 Å². The van der Waals surface area contributed by atoms with Crippen LogP contribution in [0.25, 0.3) is 0 Å². The Kier molecular flexibility index (Phi) is 6.19. The van der Waals surface area contributed by atoms with Gasteiger partial charge < -0.3 is 4.74 Å². The molecular weight excluding hydrogens is 412 g/mol. The molecule has 3 rings (SSSR count). The number of nitrogens with one attached hydrogen (secondary N) is 1. The number of hydrogen-bond donors (Lipinski definition) is 1. The summed E-state index contributed by atoms with van der Waals surface area (Å²) in [7, 11) is 1.62. The molecule has 0 spiro atoms. The van der Waals surface area contributed by atoms with Crippen molar-refractivity contribution < 1.29 is 9.53 Å². The number of halogens is 1. The van der Waals surface area contributed by atoms with E-state index in [0.29, 0.717) is 17.3 Å². The quantitative estimate of drug-likeness (QED) is 0.584. The van der Waals surface area contributed by atoms with Crippen LogP contribution in [0.5, 0.6) is 0 Å². The molecule has 1 N–H and O–H groups in total. The lowest BCUT2D eigenvalue weighted by atomic mass is 10.1. The molecule has 0 saturated carbocycles. The van der Waals surface area contributed by atoms with Crippen LogP contribution in [0.15, 0.2) is 53.1 Å². The predicted molar refractivity (Wildman–Crippen MR) is 109 cm³/mol. The number of carbonyl (C=O) groups is 1. The summed E-state index contributed by atoms with van der Waals surface area (Å²) in [4.78, 5) is 18.0. The van der Waals surface area contributed by atoms with E-state index in [-0.39, 0.29) is 5.91 Å². The van der Waals surface area contributed by atoms with Gasteiger partial charge in [0.25, 0.3) is 5.91 Å². The van der Waals surface area contributed by atoms with Crippen molar-refractivity contribution in [2.24, 2.45) is 0 Å². The Morgan fingerprint density at radius 3 is 2.85 bits per heavy atom. The third-order valence-corrected chi connectivity index (χ3v) is 5.74. The van der Waals surface area contributed by atoms with Crippen LogP contribution in [0, 0.1) is 6.92 Å². The first kappa shape index (κ1) is 18.8. The van der Waals surface area contributed by atoms with Crippen molar-refractivity contribution in [1.82, 2.24) is 4.98 Å². The van der Waals surface area contributed by atoms with E-state index in [1.807, 2.05) is 24.4 Å². The number of methoxy groups -OCH3 is 1. The number of benzene rings is 2. The topological polar surface area (TPSA) is 51.2 Å². The second kappa shape index (κ2) is 8.58. The average Bonchev–Trinajstić information content (AvgIpc) is 3.06. The van der Waals surface area contributed by atoms with Gasteiger partial charge in [0.15, 0.2) is 5.13 Å². The first-order valence-electron chi connectivity index (χ1n) is 8.14. The van der Waals surface area contributed by atoms with E-state index in [1.165, 1.54) is 22.5 Å². The minimum Gasteiger partial charge on any atom is -0.380 e. The molecule has 26 heavy (non-hydrogen) atoms. The van der Waals surface area contributed by atoms with Crippen LogP contribution >= 0.6 is 27.3 Å². The number of anilines is 1. The van der Waals surface area contributed by atoms with Gasteiger partial charge in [-0.1, -0.05) is 46.3 Å². The maximum absolute atomic E-state index is 12.6. The molecule has 6 heteroatoms. The van der Waals surface area contributed by atoms with Gasteiger partial charge in [-0.2, -0.15) is 0 Å². The SMILES string of the molecule is COCc1ccccc1C(=O)Nc1ncc(Cc2ccc(Br)c(C)c2)s1. The Morgan fingerprint density at radius 1 is 1.27 bits per heavy atom. The molecule has 3 aromatic rings. The number of ether oxygens (including phenoxy) is 1. The number of nitrogens with zero attached hydrogens (tertiary/aromatic N) is 1. The first-order valence-corrected chi connectivity index (χ1v) is 9.75. The monoisotopic (exact) mass is 430 g/mol. The maximum atomic E-state index is 12.6. The largest absolute Gasteiger partial charge is 0.380 e. The van der Waals surface area contributed by atoms with Gasteiger partial charge in [0.1, 0.15) is 0 Å². The molecule has 0 radical (unpaired) electrons. The van der Waals surface area contributed by atoms with Crippen molar-refractivity contribution in [1.29, 1.82) is 0 Å². The van der Waals surface area contributed by atoms with E-state index in [0.717, 1.165) is 21.3 Å². The average molecular weight is 431 g/mol. The summed E-state index contributed by atoms with van der Waals surface area (Å²) in [6, 6.07) is 13.7. The zero-order valence-corrected chi connectivity index (χ0v) is 17.0. The fourth-order valence-electron chi connectivity index (χ4n) is 2.65. The molecular formula is C20H19BrN2O2S. The fourth-order valence-corrected chi connectivity index (χ4v) is 3.74. The molecule has 0 fully saturated rings. The molecule has 0 unspecified atom stereocenters. The zero-order valence-electron chi connectivity index (χ0n) is 14.6. The van der Waals surface area contributed by atoms with E-state index < -0.39 is 0 Å². The molecule has 0 aliphatic rings. The molecule has 4 nitrogen and oxygen atoms in total.